The van der Waals surface area contributed by atoms with Crippen molar-refractivity contribution in [3.63, 3.8) is 0 Å². The van der Waals surface area contributed by atoms with Crippen LogP contribution in [0.1, 0.15) is 49.9 Å². The second-order valence-corrected chi connectivity index (χ2v) is 9.53. The number of nitrogens with zero attached hydrogens (tertiary/aromatic N) is 2. The molecule has 0 aliphatic carbocycles. The van der Waals surface area contributed by atoms with Gasteiger partial charge in [0.2, 0.25) is 10.0 Å². The highest BCUT2D eigenvalue weighted by Crippen LogP contribution is 2.20. The number of likely N-dealkylation sites (tertiary alicyclic amines) is 1. The van der Waals surface area contributed by atoms with Crippen LogP contribution in [0, 0.1) is 5.92 Å². The molecule has 1 amide bonds. The van der Waals surface area contributed by atoms with E-state index >= 15 is 0 Å². The molecule has 1 aliphatic rings. The maximum atomic E-state index is 12.9. The molecule has 1 aromatic carbocycles. The molecule has 8 heteroatoms. The number of amides is 1. The standard InChI is InChI=1S/C20H32N4O3S/c1-5-16(6-2)15-21-22-20(25)17-7-9-19(10-8-17)28(26,27)24(4)18-11-13-23(3)14-12-18/h7-10,15-16,18H,5-6,11-14H2,1-4H3,(H,22,25)/p+1/b21-15-. The summed E-state index contributed by atoms with van der Waals surface area (Å²) in [7, 11) is 0.204. The van der Waals surface area contributed by atoms with Crippen LogP contribution in [0.5, 0.6) is 0 Å². The van der Waals surface area contributed by atoms with Crippen LogP contribution in [0.2, 0.25) is 0 Å². The lowest BCUT2D eigenvalue weighted by molar-refractivity contribution is -0.885. The number of quaternary nitrogens is 1. The fraction of sp³-hybridized carbons (Fsp3) is 0.600. The van der Waals surface area contributed by atoms with E-state index in [0.717, 1.165) is 38.8 Å². The minimum absolute atomic E-state index is 0.0242. The molecule has 0 spiro atoms. The van der Waals surface area contributed by atoms with Gasteiger partial charge in [-0.2, -0.15) is 9.41 Å². The maximum Gasteiger partial charge on any atom is 0.271 e. The highest BCUT2D eigenvalue weighted by atomic mass is 32.2. The molecule has 2 N–H and O–H groups in total. The SMILES string of the molecule is CCC(/C=N\NC(=O)c1ccc(S(=O)(=O)N(C)C2CC[NH+](C)CC2)cc1)CC. The van der Waals surface area contributed by atoms with E-state index in [1.54, 1.807) is 13.3 Å². The molecular weight excluding hydrogens is 376 g/mol. The number of carbonyl (C=O) groups excluding carboxylic acids is 1. The Hall–Kier alpha value is -1.77. The number of carbonyl (C=O) groups is 1. The van der Waals surface area contributed by atoms with Gasteiger partial charge in [-0.25, -0.2) is 13.8 Å². The first-order valence-electron chi connectivity index (χ1n) is 10.0. The van der Waals surface area contributed by atoms with Crippen LogP contribution in [0.3, 0.4) is 0 Å². The molecule has 0 saturated carbocycles. The Kier molecular flexibility index (Phi) is 8.15. The van der Waals surface area contributed by atoms with Gasteiger partial charge in [-0.05, 0) is 43.0 Å². The van der Waals surface area contributed by atoms with Crippen molar-refractivity contribution >= 4 is 22.1 Å². The monoisotopic (exact) mass is 409 g/mol. The molecule has 0 bridgehead atoms. The van der Waals surface area contributed by atoms with Crippen molar-refractivity contribution < 1.29 is 18.1 Å². The average Bonchev–Trinajstić information content (AvgIpc) is 2.71. The van der Waals surface area contributed by atoms with Crippen LogP contribution in [0.15, 0.2) is 34.3 Å². The van der Waals surface area contributed by atoms with Crippen LogP contribution in [0.25, 0.3) is 0 Å². The number of nitrogens with one attached hydrogen (secondary N) is 2. The lowest BCUT2D eigenvalue weighted by atomic mass is 10.1. The summed E-state index contributed by atoms with van der Waals surface area (Å²) in [6, 6.07) is 6.07. The third kappa shape index (κ3) is 5.62. The van der Waals surface area contributed by atoms with Gasteiger partial charge >= 0.3 is 0 Å². The topological polar surface area (TPSA) is 83.3 Å². The molecule has 0 atom stereocenters. The van der Waals surface area contributed by atoms with Crippen molar-refractivity contribution in [2.24, 2.45) is 11.0 Å². The zero-order valence-electron chi connectivity index (χ0n) is 17.3. The zero-order valence-corrected chi connectivity index (χ0v) is 18.1. The maximum absolute atomic E-state index is 12.9. The summed E-state index contributed by atoms with van der Waals surface area (Å²) < 4.78 is 27.3. The Labute approximate surface area is 168 Å². The van der Waals surface area contributed by atoms with E-state index in [1.165, 1.54) is 33.5 Å². The third-order valence-corrected chi connectivity index (χ3v) is 7.54. The summed E-state index contributed by atoms with van der Waals surface area (Å²) in [5, 5.41) is 4.00. The van der Waals surface area contributed by atoms with Gasteiger partial charge in [0, 0.05) is 37.7 Å². The first-order chi connectivity index (χ1) is 13.3. The van der Waals surface area contributed by atoms with Gasteiger partial charge in [-0.3, -0.25) is 4.79 Å². The number of piperidine rings is 1. The number of benzene rings is 1. The molecule has 0 aromatic heterocycles. The van der Waals surface area contributed by atoms with E-state index in [1.807, 2.05) is 0 Å². The summed E-state index contributed by atoms with van der Waals surface area (Å²) in [5.74, 6) is -0.0117. The molecule has 1 aromatic rings. The fourth-order valence-corrected chi connectivity index (χ4v) is 4.78. The van der Waals surface area contributed by atoms with Crippen molar-refractivity contribution in [3.8, 4) is 0 Å². The molecule has 1 heterocycles. The highest BCUT2D eigenvalue weighted by molar-refractivity contribution is 7.89. The van der Waals surface area contributed by atoms with E-state index in [4.69, 9.17) is 0 Å². The molecule has 0 unspecified atom stereocenters. The fourth-order valence-electron chi connectivity index (χ4n) is 3.37. The molecule has 1 saturated heterocycles. The molecule has 1 aliphatic heterocycles. The quantitative estimate of drug-likeness (QED) is 0.499. The van der Waals surface area contributed by atoms with Gasteiger partial charge < -0.3 is 4.90 Å². The van der Waals surface area contributed by atoms with Crippen molar-refractivity contribution in [2.75, 3.05) is 27.2 Å². The second-order valence-electron chi connectivity index (χ2n) is 7.53. The Morgan fingerprint density at radius 3 is 2.36 bits per heavy atom. The summed E-state index contributed by atoms with van der Waals surface area (Å²) in [5.41, 5.74) is 2.88. The first-order valence-corrected chi connectivity index (χ1v) is 11.5. The van der Waals surface area contributed by atoms with Crippen molar-refractivity contribution in [2.45, 2.75) is 50.5 Å². The highest BCUT2D eigenvalue weighted by Gasteiger charge is 2.31. The minimum Gasteiger partial charge on any atom is -0.337 e. The number of sulfonamides is 1. The smallest absolute Gasteiger partial charge is 0.271 e. The van der Waals surface area contributed by atoms with Crippen molar-refractivity contribution in [3.05, 3.63) is 29.8 Å². The van der Waals surface area contributed by atoms with Crippen LogP contribution in [0.4, 0.5) is 0 Å². The number of hydrogen-bond acceptors (Lipinski definition) is 4. The summed E-state index contributed by atoms with van der Waals surface area (Å²) in [4.78, 5) is 13.8. The van der Waals surface area contributed by atoms with Crippen LogP contribution in [-0.4, -0.2) is 58.1 Å². The van der Waals surface area contributed by atoms with Gasteiger partial charge in [0.15, 0.2) is 0 Å². The Morgan fingerprint density at radius 1 is 1.25 bits per heavy atom. The zero-order chi connectivity index (χ0) is 20.7. The molecule has 28 heavy (non-hydrogen) atoms. The van der Waals surface area contributed by atoms with Gasteiger partial charge in [-0.15, -0.1) is 0 Å². The van der Waals surface area contributed by atoms with Gasteiger partial charge in [-0.1, -0.05) is 13.8 Å². The van der Waals surface area contributed by atoms with Crippen molar-refractivity contribution in [1.82, 2.24) is 9.73 Å². The van der Waals surface area contributed by atoms with Crippen LogP contribution < -0.4 is 10.3 Å². The molecule has 156 valence electrons. The third-order valence-electron chi connectivity index (χ3n) is 5.62. The van der Waals surface area contributed by atoms with E-state index in [2.05, 4.69) is 31.4 Å². The van der Waals surface area contributed by atoms with E-state index in [0.29, 0.717) is 11.5 Å². The summed E-state index contributed by atoms with van der Waals surface area (Å²) in [6.45, 7) is 6.10. The lowest BCUT2D eigenvalue weighted by Crippen LogP contribution is -3.10. The second kappa shape index (κ2) is 10.1. The van der Waals surface area contributed by atoms with Crippen LogP contribution >= 0.6 is 0 Å². The first kappa shape index (κ1) is 22.5. The van der Waals surface area contributed by atoms with Gasteiger partial charge in [0.05, 0.1) is 25.0 Å². The molecule has 0 radical (unpaired) electrons. The number of rotatable bonds is 8. The van der Waals surface area contributed by atoms with Gasteiger partial charge in [0.1, 0.15) is 0 Å². The normalized spacial score (nSPS) is 20.8. The summed E-state index contributed by atoms with van der Waals surface area (Å²) >= 11 is 0. The Bertz CT molecular complexity index is 765. The predicted octanol–water partition coefficient (Wildman–Crippen LogP) is 1.14. The largest absolute Gasteiger partial charge is 0.337 e. The Balaban J connectivity index is 2.03. The molecular formula is C20H33N4O3S+. The number of hydrogen-bond donors (Lipinski definition) is 2. The van der Waals surface area contributed by atoms with E-state index < -0.39 is 10.0 Å². The van der Waals surface area contributed by atoms with Crippen LogP contribution in [-0.2, 0) is 10.0 Å². The lowest BCUT2D eigenvalue weighted by Gasteiger charge is -2.32. The van der Waals surface area contributed by atoms with Crippen molar-refractivity contribution in [1.29, 1.82) is 0 Å². The molecule has 7 nitrogen and oxygen atoms in total. The Morgan fingerprint density at radius 2 is 1.82 bits per heavy atom. The van der Waals surface area contributed by atoms with E-state index in [9.17, 15) is 13.2 Å². The van der Waals surface area contributed by atoms with Gasteiger partial charge in [0.25, 0.3) is 5.91 Å². The van der Waals surface area contributed by atoms with E-state index in [-0.39, 0.29) is 16.8 Å². The predicted molar refractivity (Wildman–Crippen MR) is 111 cm³/mol. The minimum atomic E-state index is -3.57. The molecule has 1 fully saturated rings. The average molecular weight is 410 g/mol. The summed E-state index contributed by atoms with van der Waals surface area (Å²) in [6.07, 6.45) is 5.39. The molecule has 2 rings (SSSR count). The number of hydrazone groups is 1.